The summed E-state index contributed by atoms with van der Waals surface area (Å²) in [6.45, 7) is 1.67. The van der Waals surface area contributed by atoms with Crippen molar-refractivity contribution in [1.82, 2.24) is 10.2 Å². The Kier molecular flexibility index (Phi) is 5.37. The summed E-state index contributed by atoms with van der Waals surface area (Å²) in [5.74, 6) is -0.0996. The monoisotopic (exact) mass is 426 g/mol. The fourth-order valence-electron chi connectivity index (χ4n) is 2.62. The lowest BCUT2D eigenvalue weighted by Gasteiger charge is -2.23. The maximum atomic E-state index is 12.5. The van der Waals surface area contributed by atoms with Gasteiger partial charge in [-0.2, -0.15) is 0 Å². The molecule has 0 spiro atoms. The van der Waals surface area contributed by atoms with Gasteiger partial charge in [0.05, 0.1) is 10.7 Å². The van der Waals surface area contributed by atoms with E-state index in [1.807, 2.05) is 18.2 Å². The zero-order chi connectivity index (χ0) is 20.4. The number of halogens is 1. The number of benzene rings is 2. The quantitative estimate of drug-likeness (QED) is 0.647. The first-order valence-electron chi connectivity index (χ1n) is 8.68. The zero-order valence-electron chi connectivity index (χ0n) is 15.2. The fraction of sp³-hybridized carbons (Fsp3) is 0.100. The molecule has 2 heterocycles. The molecule has 146 valence electrons. The molecule has 0 radical (unpaired) electrons. The van der Waals surface area contributed by atoms with E-state index in [9.17, 15) is 9.59 Å². The Hall–Kier alpha value is -3.10. The summed E-state index contributed by atoms with van der Waals surface area (Å²) in [4.78, 5) is 25.1. The first kappa shape index (κ1) is 19.2. The van der Waals surface area contributed by atoms with Crippen LogP contribution in [-0.2, 0) is 4.79 Å². The minimum atomic E-state index is -0.555. The predicted octanol–water partition coefficient (Wildman–Crippen LogP) is 4.25. The third-order valence-corrected chi connectivity index (χ3v) is 5.54. The van der Waals surface area contributed by atoms with Crippen LogP contribution in [0.1, 0.15) is 17.4 Å². The van der Waals surface area contributed by atoms with E-state index >= 15 is 0 Å². The van der Waals surface area contributed by atoms with Crippen molar-refractivity contribution in [2.45, 2.75) is 22.9 Å². The zero-order valence-corrected chi connectivity index (χ0v) is 16.8. The molecule has 2 amide bonds. The second-order valence-electron chi connectivity index (χ2n) is 6.20. The number of anilines is 2. The maximum absolute atomic E-state index is 12.5. The summed E-state index contributed by atoms with van der Waals surface area (Å²) in [5, 5.41) is 14.8. The molecule has 0 fully saturated rings. The average Bonchev–Trinajstić information content (AvgIpc) is 2.71. The molecular formula is C20H15ClN4O3S. The van der Waals surface area contributed by atoms with Gasteiger partial charge in [-0.05, 0) is 49.4 Å². The highest BCUT2D eigenvalue weighted by molar-refractivity contribution is 7.99. The molecule has 2 N–H and O–H groups in total. The molecule has 9 heteroatoms. The molecule has 0 saturated heterocycles. The van der Waals surface area contributed by atoms with Crippen molar-refractivity contribution in [1.29, 1.82) is 0 Å². The van der Waals surface area contributed by atoms with Gasteiger partial charge in [0.1, 0.15) is 10.8 Å². The second-order valence-corrected chi connectivity index (χ2v) is 7.67. The lowest BCUT2D eigenvalue weighted by Crippen LogP contribution is -2.34. The molecule has 0 aliphatic carbocycles. The summed E-state index contributed by atoms with van der Waals surface area (Å²) in [6.07, 6.45) is -0.555. The molecule has 0 bridgehead atoms. The highest BCUT2D eigenvalue weighted by atomic mass is 35.5. The third-order valence-electron chi connectivity index (χ3n) is 4.09. The first-order valence-corrected chi connectivity index (χ1v) is 9.88. The number of nitrogens with zero attached hydrogens (tertiary/aromatic N) is 2. The van der Waals surface area contributed by atoms with Crippen LogP contribution in [0, 0.1) is 0 Å². The molecule has 1 aliphatic heterocycles. The van der Waals surface area contributed by atoms with Gasteiger partial charge in [-0.3, -0.25) is 9.59 Å². The molecule has 1 unspecified atom stereocenters. The number of aromatic nitrogens is 2. The molecule has 4 rings (SSSR count). The number of carbonyl (C=O) groups excluding carboxylic acids is 2. The van der Waals surface area contributed by atoms with Crippen LogP contribution < -0.4 is 15.4 Å². The van der Waals surface area contributed by atoms with Crippen molar-refractivity contribution >= 4 is 46.6 Å². The number of hydrogen-bond acceptors (Lipinski definition) is 6. The van der Waals surface area contributed by atoms with E-state index in [4.69, 9.17) is 16.3 Å². The predicted molar refractivity (Wildman–Crippen MR) is 111 cm³/mol. The average molecular weight is 427 g/mol. The van der Waals surface area contributed by atoms with Crippen molar-refractivity contribution in [2.75, 3.05) is 10.6 Å². The van der Waals surface area contributed by atoms with Gasteiger partial charge in [0.15, 0.2) is 11.8 Å². The Labute approximate surface area is 175 Å². The number of hydrogen-bond donors (Lipinski definition) is 2. The van der Waals surface area contributed by atoms with Gasteiger partial charge < -0.3 is 15.4 Å². The van der Waals surface area contributed by atoms with E-state index in [1.165, 1.54) is 11.8 Å². The lowest BCUT2D eigenvalue weighted by atomic mass is 10.2. The second kappa shape index (κ2) is 8.10. The minimum absolute atomic E-state index is 0.167. The summed E-state index contributed by atoms with van der Waals surface area (Å²) in [5.41, 5.74) is 1.17. The van der Waals surface area contributed by atoms with Crippen LogP contribution >= 0.6 is 23.4 Å². The number of amides is 2. The van der Waals surface area contributed by atoms with Crippen LogP contribution in [-0.4, -0.2) is 28.1 Å². The molecule has 0 saturated carbocycles. The van der Waals surface area contributed by atoms with Crippen LogP contribution in [0.5, 0.6) is 5.75 Å². The van der Waals surface area contributed by atoms with Crippen molar-refractivity contribution in [3.8, 4) is 5.75 Å². The Bertz CT molecular complexity index is 1090. The van der Waals surface area contributed by atoms with E-state index in [1.54, 1.807) is 43.3 Å². The van der Waals surface area contributed by atoms with Crippen molar-refractivity contribution in [3.05, 3.63) is 65.3 Å². The van der Waals surface area contributed by atoms with Crippen LogP contribution in [0.15, 0.2) is 64.5 Å². The van der Waals surface area contributed by atoms with Crippen molar-refractivity contribution < 1.29 is 14.3 Å². The van der Waals surface area contributed by atoms with Gasteiger partial charge in [-0.15, -0.1) is 10.2 Å². The molecule has 2 aromatic carbocycles. The van der Waals surface area contributed by atoms with E-state index in [2.05, 4.69) is 20.8 Å². The molecule has 1 aromatic heterocycles. The molecule has 3 aromatic rings. The normalized spacial score (nSPS) is 15.1. The van der Waals surface area contributed by atoms with Crippen LogP contribution in [0.4, 0.5) is 11.4 Å². The smallest absolute Gasteiger partial charge is 0.276 e. The van der Waals surface area contributed by atoms with Crippen molar-refractivity contribution in [2.24, 2.45) is 0 Å². The lowest BCUT2D eigenvalue weighted by molar-refractivity contribution is -0.122. The Morgan fingerprint density at radius 3 is 2.76 bits per heavy atom. The molecule has 1 aliphatic rings. The number of ether oxygens (including phenoxy) is 1. The first-order chi connectivity index (χ1) is 14.0. The third kappa shape index (κ3) is 4.33. The van der Waals surface area contributed by atoms with E-state index in [-0.39, 0.29) is 11.6 Å². The van der Waals surface area contributed by atoms with Crippen LogP contribution in [0.2, 0.25) is 5.02 Å². The van der Waals surface area contributed by atoms with Gasteiger partial charge in [0.25, 0.3) is 11.8 Å². The summed E-state index contributed by atoms with van der Waals surface area (Å²) < 4.78 is 5.50. The summed E-state index contributed by atoms with van der Waals surface area (Å²) >= 11 is 7.51. The molecular weight excluding hydrogens is 412 g/mol. The Balaban J connectivity index is 1.44. The van der Waals surface area contributed by atoms with E-state index in [0.29, 0.717) is 27.2 Å². The van der Waals surface area contributed by atoms with Crippen LogP contribution in [0.3, 0.4) is 0 Å². The molecule has 1 atom stereocenters. The largest absolute Gasteiger partial charge is 0.479 e. The van der Waals surface area contributed by atoms with Gasteiger partial charge >= 0.3 is 0 Å². The Morgan fingerprint density at radius 1 is 1.17 bits per heavy atom. The van der Waals surface area contributed by atoms with Gasteiger partial charge in [0.2, 0.25) is 0 Å². The standard InChI is InChI=1S/C20H15ClN4O3S/c1-11-19(26)23-15-10-12(6-8-16(15)28-11)22-20(27)14-7-9-18(25-24-14)29-17-5-3-2-4-13(17)21/h2-11H,1H3,(H,22,27)(H,23,26). The topological polar surface area (TPSA) is 93.2 Å². The number of nitrogens with one attached hydrogen (secondary N) is 2. The fourth-order valence-corrected chi connectivity index (χ4v) is 3.62. The highest BCUT2D eigenvalue weighted by Crippen LogP contribution is 2.33. The number of rotatable bonds is 4. The van der Waals surface area contributed by atoms with Gasteiger partial charge in [-0.1, -0.05) is 35.5 Å². The number of fused-ring (bicyclic) bond motifs is 1. The minimum Gasteiger partial charge on any atom is -0.479 e. The van der Waals surface area contributed by atoms with E-state index < -0.39 is 12.0 Å². The maximum Gasteiger partial charge on any atom is 0.276 e. The van der Waals surface area contributed by atoms with Crippen LogP contribution in [0.25, 0.3) is 0 Å². The SMILES string of the molecule is CC1Oc2ccc(NC(=O)c3ccc(Sc4ccccc4Cl)nn3)cc2NC1=O. The summed E-state index contributed by atoms with van der Waals surface area (Å²) in [7, 11) is 0. The van der Waals surface area contributed by atoms with Gasteiger partial charge in [-0.25, -0.2) is 0 Å². The Morgan fingerprint density at radius 2 is 2.00 bits per heavy atom. The highest BCUT2D eigenvalue weighted by Gasteiger charge is 2.23. The van der Waals surface area contributed by atoms with E-state index in [0.717, 1.165) is 4.90 Å². The molecule has 7 nitrogen and oxygen atoms in total. The summed E-state index contributed by atoms with van der Waals surface area (Å²) in [6, 6.07) is 15.7. The molecule has 29 heavy (non-hydrogen) atoms. The number of carbonyl (C=O) groups is 2. The van der Waals surface area contributed by atoms with Gasteiger partial charge in [0, 0.05) is 10.6 Å². The van der Waals surface area contributed by atoms with Crippen molar-refractivity contribution in [3.63, 3.8) is 0 Å².